The Kier molecular flexibility index (Phi) is 4.40. The Morgan fingerprint density at radius 3 is 2.94 bits per heavy atom. The SMILES string of the molecule is Cn1cc(CNCC2CCCCC2O)cc1C#N. The normalized spacial score (nSPS) is 23.8. The van der Waals surface area contributed by atoms with Crippen LogP contribution in [-0.4, -0.2) is 22.3 Å². The van der Waals surface area contributed by atoms with Crippen molar-refractivity contribution in [2.45, 2.75) is 38.3 Å². The molecule has 0 bridgehead atoms. The third-order valence-corrected chi connectivity index (χ3v) is 3.78. The standard InChI is InChI=1S/C14H21N3O/c1-17-10-11(6-13(17)7-15)8-16-9-12-4-2-3-5-14(12)18/h6,10,12,14,16,18H,2-5,8-9H2,1H3. The van der Waals surface area contributed by atoms with Crippen molar-refractivity contribution in [3.63, 3.8) is 0 Å². The minimum absolute atomic E-state index is 0.142. The van der Waals surface area contributed by atoms with Crippen molar-refractivity contribution in [2.24, 2.45) is 13.0 Å². The summed E-state index contributed by atoms with van der Waals surface area (Å²) in [6.45, 7) is 1.62. The lowest BCUT2D eigenvalue weighted by molar-refractivity contribution is 0.0695. The molecule has 2 atom stereocenters. The Morgan fingerprint density at radius 2 is 2.28 bits per heavy atom. The van der Waals surface area contributed by atoms with Crippen molar-refractivity contribution in [1.29, 1.82) is 5.26 Å². The van der Waals surface area contributed by atoms with Crippen molar-refractivity contribution in [1.82, 2.24) is 9.88 Å². The molecule has 4 nitrogen and oxygen atoms in total. The van der Waals surface area contributed by atoms with Crippen molar-refractivity contribution in [3.8, 4) is 6.07 Å². The van der Waals surface area contributed by atoms with Gasteiger partial charge in [0.15, 0.2) is 0 Å². The number of aliphatic hydroxyl groups is 1. The summed E-state index contributed by atoms with van der Waals surface area (Å²) in [6.07, 6.45) is 6.28. The van der Waals surface area contributed by atoms with E-state index < -0.39 is 0 Å². The lowest BCUT2D eigenvalue weighted by Crippen LogP contribution is -2.33. The van der Waals surface area contributed by atoms with Gasteiger partial charge in [-0.25, -0.2) is 0 Å². The maximum atomic E-state index is 9.87. The van der Waals surface area contributed by atoms with Crippen LogP contribution in [0.2, 0.25) is 0 Å². The van der Waals surface area contributed by atoms with E-state index in [-0.39, 0.29) is 6.10 Å². The van der Waals surface area contributed by atoms with Crippen molar-refractivity contribution in [2.75, 3.05) is 6.54 Å². The quantitative estimate of drug-likeness (QED) is 0.848. The molecule has 0 spiro atoms. The van der Waals surface area contributed by atoms with Crippen LogP contribution in [0.25, 0.3) is 0 Å². The average molecular weight is 247 g/mol. The Morgan fingerprint density at radius 1 is 1.50 bits per heavy atom. The largest absolute Gasteiger partial charge is 0.393 e. The van der Waals surface area contributed by atoms with Gasteiger partial charge in [-0.2, -0.15) is 5.26 Å². The smallest absolute Gasteiger partial charge is 0.120 e. The summed E-state index contributed by atoms with van der Waals surface area (Å²) in [7, 11) is 1.88. The van der Waals surface area contributed by atoms with E-state index in [0.29, 0.717) is 11.6 Å². The number of nitrogens with zero attached hydrogens (tertiary/aromatic N) is 2. The van der Waals surface area contributed by atoms with Crippen LogP contribution in [-0.2, 0) is 13.6 Å². The molecule has 0 radical (unpaired) electrons. The second kappa shape index (κ2) is 6.03. The monoisotopic (exact) mass is 247 g/mol. The van der Waals surface area contributed by atoms with Gasteiger partial charge in [-0.3, -0.25) is 0 Å². The Balaban J connectivity index is 1.79. The number of nitriles is 1. The van der Waals surface area contributed by atoms with Gasteiger partial charge in [0.05, 0.1) is 6.10 Å². The third kappa shape index (κ3) is 3.12. The molecule has 1 heterocycles. The number of aromatic nitrogens is 1. The van der Waals surface area contributed by atoms with Crippen LogP contribution < -0.4 is 5.32 Å². The van der Waals surface area contributed by atoms with Gasteiger partial charge in [-0.15, -0.1) is 0 Å². The van der Waals surface area contributed by atoms with E-state index in [1.807, 2.05) is 23.9 Å². The molecule has 98 valence electrons. The first-order chi connectivity index (χ1) is 8.70. The molecule has 4 heteroatoms. The molecule has 1 aliphatic rings. The molecule has 2 unspecified atom stereocenters. The number of hydrogen-bond donors (Lipinski definition) is 2. The fourth-order valence-electron chi connectivity index (χ4n) is 2.67. The van der Waals surface area contributed by atoms with Gasteiger partial charge in [-0.1, -0.05) is 12.8 Å². The first kappa shape index (κ1) is 13.1. The highest BCUT2D eigenvalue weighted by Crippen LogP contribution is 2.23. The van der Waals surface area contributed by atoms with Gasteiger partial charge < -0.3 is 15.0 Å². The summed E-state index contributed by atoms with van der Waals surface area (Å²) < 4.78 is 1.84. The van der Waals surface area contributed by atoms with E-state index in [0.717, 1.165) is 37.9 Å². The van der Waals surface area contributed by atoms with Gasteiger partial charge in [0.1, 0.15) is 11.8 Å². The highest BCUT2D eigenvalue weighted by atomic mass is 16.3. The molecular weight excluding hydrogens is 226 g/mol. The van der Waals surface area contributed by atoms with E-state index in [1.165, 1.54) is 6.42 Å². The van der Waals surface area contributed by atoms with Crippen LogP contribution in [0, 0.1) is 17.2 Å². The summed E-state index contributed by atoms with van der Waals surface area (Å²) in [6, 6.07) is 4.06. The lowest BCUT2D eigenvalue weighted by Gasteiger charge is -2.27. The Labute approximate surface area is 108 Å². The van der Waals surface area contributed by atoms with Crippen LogP contribution in [0.1, 0.15) is 36.9 Å². The molecule has 18 heavy (non-hydrogen) atoms. The fourth-order valence-corrected chi connectivity index (χ4v) is 2.67. The summed E-state index contributed by atoms with van der Waals surface area (Å²) >= 11 is 0. The molecule has 1 saturated carbocycles. The van der Waals surface area contributed by atoms with Gasteiger partial charge in [0.25, 0.3) is 0 Å². The van der Waals surface area contributed by atoms with Crippen LogP contribution in [0.3, 0.4) is 0 Å². The zero-order valence-electron chi connectivity index (χ0n) is 10.9. The molecule has 0 aliphatic heterocycles. The van der Waals surface area contributed by atoms with Crippen molar-refractivity contribution in [3.05, 3.63) is 23.5 Å². The molecule has 2 rings (SSSR count). The zero-order valence-corrected chi connectivity index (χ0v) is 10.9. The second-order valence-electron chi connectivity index (χ2n) is 5.20. The summed E-state index contributed by atoms with van der Waals surface area (Å²) in [4.78, 5) is 0. The minimum Gasteiger partial charge on any atom is -0.393 e. The van der Waals surface area contributed by atoms with Gasteiger partial charge in [0.2, 0.25) is 0 Å². The van der Waals surface area contributed by atoms with Gasteiger partial charge >= 0.3 is 0 Å². The number of hydrogen-bond acceptors (Lipinski definition) is 3. The van der Waals surface area contributed by atoms with Crippen molar-refractivity contribution < 1.29 is 5.11 Å². The topological polar surface area (TPSA) is 61.0 Å². The molecule has 0 amide bonds. The summed E-state index contributed by atoms with van der Waals surface area (Å²) in [5.74, 6) is 0.387. The third-order valence-electron chi connectivity index (χ3n) is 3.78. The Hall–Kier alpha value is -1.31. The lowest BCUT2D eigenvalue weighted by atomic mass is 9.86. The number of rotatable bonds is 4. The van der Waals surface area contributed by atoms with E-state index in [9.17, 15) is 5.11 Å². The number of aryl methyl sites for hydroxylation is 1. The highest BCUT2D eigenvalue weighted by molar-refractivity contribution is 5.28. The van der Waals surface area contributed by atoms with Crippen LogP contribution in [0.4, 0.5) is 0 Å². The zero-order chi connectivity index (χ0) is 13.0. The molecule has 1 aromatic rings. The van der Waals surface area contributed by atoms with Crippen molar-refractivity contribution >= 4 is 0 Å². The molecule has 0 aromatic carbocycles. The van der Waals surface area contributed by atoms with E-state index >= 15 is 0 Å². The predicted molar refractivity (Wildman–Crippen MR) is 69.8 cm³/mol. The molecule has 1 aromatic heterocycles. The fraction of sp³-hybridized carbons (Fsp3) is 0.643. The van der Waals surface area contributed by atoms with Crippen LogP contribution >= 0.6 is 0 Å². The molecule has 0 saturated heterocycles. The molecule has 1 aliphatic carbocycles. The second-order valence-corrected chi connectivity index (χ2v) is 5.20. The van der Waals surface area contributed by atoms with E-state index in [4.69, 9.17) is 5.26 Å². The minimum atomic E-state index is -0.142. The first-order valence-electron chi connectivity index (χ1n) is 6.65. The Bertz CT molecular complexity index is 433. The van der Waals surface area contributed by atoms with E-state index in [1.54, 1.807) is 0 Å². The average Bonchev–Trinajstić information content (AvgIpc) is 2.72. The van der Waals surface area contributed by atoms with Gasteiger partial charge in [0, 0.05) is 26.3 Å². The van der Waals surface area contributed by atoms with Crippen LogP contribution in [0.5, 0.6) is 0 Å². The maximum Gasteiger partial charge on any atom is 0.120 e. The molecular formula is C14H21N3O. The summed E-state index contributed by atoms with van der Waals surface area (Å²) in [5.41, 5.74) is 1.81. The maximum absolute atomic E-state index is 9.87. The summed E-state index contributed by atoms with van der Waals surface area (Å²) in [5, 5.41) is 22.1. The molecule has 1 fully saturated rings. The number of nitrogens with one attached hydrogen (secondary N) is 1. The van der Waals surface area contributed by atoms with Gasteiger partial charge in [-0.05, 0) is 30.4 Å². The molecule has 2 N–H and O–H groups in total. The van der Waals surface area contributed by atoms with E-state index in [2.05, 4.69) is 11.4 Å². The highest BCUT2D eigenvalue weighted by Gasteiger charge is 2.22. The number of aliphatic hydroxyl groups excluding tert-OH is 1. The van der Waals surface area contributed by atoms with Crippen LogP contribution in [0.15, 0.2) is 12.3 Å². The predicted octanol–water partition coefficient (Wildman–Crippen LogP) is 1.54. The first-order valence-corrected chi connectivity index (χ1v) is 6.65.